The van der Waals surface area contributed by atoms with Crippen LogP contribution in [-0.4, -0.2) is 14.5 Å². The standard InChI is InChI=1S/C10H8ClN3O2/c1-13-9(14(15)16)6-12-10(13)7-2-4-8(11)5-3-7/h2-6H,1H3. The van der Waals surface area contributed by atoms with E-state index in [-0.39, 0.29) is 5.82 Å². The van der Waals surface area contributed by atoms with Gasteiger partial charge in [-0.3, -0.25) is 0 Å². The predicted octanol–water partition coefficient (Wildman–Crippen LogP) is 2.65. The van der Waals surface area contributed by atoms with Crippen molar-refractivity contribution >= 4 is 17.4 Å². The van der Waals surface area contributed by atoms with Crippen LogP contribution in [0.25, 0.3) is 11.4 Å². The number of halogens is 1. The molecule has 0 aliphatic rings. The summed E-state index contributed by atoms with van der Waals surface area (Å²) in [4.78, 5) is 14.2. The van der Waals surface area contributed by atoms with Gasteiger partial charge in [0.2, 0.25) is 5.82 Å². The molecule has 0 amide bonds. The van der Waals surface area contributed by atoms with E-state index in [1.54, 1.807) is 31.3 Å². The fraction of sp³-hybridized carbons (Fsp3) is 0.100. The molecule has 0 radical (unpaired) electrons. The van der Waals surface area contributed by atoms with Crippen molar-refractivity contribution in [1.29, 1.82) is 0 Å². The second-order valence-corrected chi connectivity index (χ2v) is 3.70. The lowest BCUT2D eigenvalue weighted by Crippen LogP contribution is -1.98. The number of hydrogen-bond donors (Lipinski definition) is 0. The third-order valence-electron chi connectivity index (χ3n) is 2.25. The number of nitro groups is 1. The number of nitrogens with zero attached hydrogens (tertiary/aromatic N) is 3. The minimum absolute atomic E-state index is 0.0371. The molecule has 2 rings (SSSR count). The number of aromatic nitrogens is 2. The smallest absolute Gasteiger partial charge is 0.342 e. The molecule has 82 valence electrons. The van der Waals surface area contributed by atoms with Crippen molar-refractivity contribution in [2.45, 2.75) is 0 Å². The van der Waals surface area contributed by atoms with Crippen LogP contribution in [-0.2, 0) is 7.05 Å². The summed E-state index contributed by atoms with van der Waals surface area (Å²) in [5.41, 5.74) is 0.792. The topological polar surface area (TPSA) is 61.0 Å². The Kier molecular flexibility index (Phi) is 2.62. The van der Waals surface area contributed by atoms with Gasteiger partial charge in [0.25, 0.3) is 0 Å². The van der Waals surface area contributed by atoms with Crippen molar-refractivity contribution < 1.29 is 4.92 Å². The largest absolute Gasteiger partial charge is 0.358 e. The Balaban J connectivity index is 2.49. The monoisotopic (exact) mass is 237 g/mol. The molecule has 0 unspecified atom stereocenters. The normalized spacial score (nSPS) is 10.4. The van der Waals surface area contributed by atoms with Gasteiger partial charge in [-0.15, -0.1) is 0 Å². The van der Waals surface area contributed by atoms with Crippen LogP contribution in [0.3, 0.4) is 0 Å². The minimum Gasteiger partial charge on any atom is -0.358 e. The van der Waals surface area contributed by atoms with Gasteiger partial charge in [-0.05, 0) is 29.2 Å². The van der Waals surface area contributed by atoms with Gasteiger partial charge in [-0.1, -0.05) is 11.6 Å². The van der Waals surface area contributed by atoms with E-state index in [9.17, 15) is 10.1 Å². The van der Waals surface area contributed by atoms with E-state index in [1.165, 1.54) is 10.8 Å². The molecule has 5 nitrogen and oxygen atoms in total. The molecule has 0 saturated heterocycles. The van der Waals surface area contributed by atoms with Gasteiger partial charge in [-0.2, -0.15) is 0 Å². The second-order valence-electron chi connectivity index (χ2n) is 3.26. The maximum Gasteiger partial charge on any atom is 0.342 e. The highest BCUT2D eigenvalue weighted by Crippen LogP contribution is 2.23. The van der Waals surface area contributed by atoms with Crippen molar-refractivity contribution in [2.24, 2.45) is 7.05 Å². The number of benzene rings is 1. The molecule has 6 heteroatoms. The molecular weight excluding hydrogens is 230 g/mol. The molecule has 0 bridgehead atoms. The zero-order valence-electron chi connectivity index (χ0n) is 8.42. The van der Waals surface area contributed by atoms with Crippen molar-refractivity contribution in [3.63, 3.8) is 0 Å². The summed E-state index contributed by atoms with van der Waals surface area (Å²) >= 11 is 5.76. The molecule has 0 aliphatic carbocycles. The van der Waals surface area contributed by atoms with Gasteiger partial charge in [0.05, 0.1) is 7.05 Å². The first kappa shape index (κ1) is 10.6. The summed E-state index contributed by atoms with van der Waals surface area (Å²) < 4.78 is 1.43. The fourth-order valence-corrected chi connectivity index (χ4v) is 1.56. The Labute approximate surface area is 96.4 Å². The summed E-state index contributed by atoms with van der Waals surface area (Å²) in [6, 6.07) is 6.98. The van der Waals surface area contributed by atoms with Gasteiger partial charge < -0.3 is 10.1 Å². The zero-order valence-corrected chi connectivity index (χ0v) is 9.18. The number of hydrogen-bond acceptors (Lipinski definition) is 3. The molecule has 1 heterocycles. The summed E-state index contributed by atoms with van der Waals surface area (Å²) in [6.07, 6.45) is 1.24. The second kappa shape index (κ2) is 3.94. The SMILES string of the molecule is Cn1c([N+](=O)[O-])cnc1-c1ccc(Cl)cc1. The third kappa shape index (κ3) is 1.77. The lowest BCUT2D eigenvalue weighted by Gasteiger charge is -1.98. The Bertz CT molecular complexity index is 533. The molecule has 1 aromatic heterocycles. The van der Waals surface area contributed by atoms with E-state index in [4.69, 9.17) is 11.6 Å². The van der Waals surface area contributed by atoms with Gasteiger partial charge in [0.1, 0.15) is 6.20 Å². The van der Waals surface area contributed by atoms with E-state index in [1.807, 2.05) is 0 Å². The maximum absolute atomic E-state index is 10.6. The van der Waals surface area contributed by atoms with Crippen LogP contribution in [0.1, 0.15) is 0 Å². The predicted molar refractivity (Wildman–Crippen MR) is 60.3 cm³/mol. The molecule has 0 saturated carbocycles. The summed E-state index contributed by atoms with van der Waals surface area (Å²) in [5, 5.41) is 11.3. The summed E-state index contributed by atoms with van der Waals surface area (Å²) in [5.74, 6) is 0.508. The van der Waals surface area contributed by atoms with E-state index in [0.717, 1.165) is 5.56 Å². The van der Waals surface area contributed by atoms with Crippen LogP contribution in [0.5, 0.6) is 0 Å². The first-order valence-electron chi connectivity index (χ1n) is 4.51. The Morgan fingerprint density at radius 2 is 2.00 bits per heavy atom. The Hall–Kier alpha value is -1.88. The maximum atomic E-state index is 10.6. The van der Waals surface area contributed by atoms with Crippen LogP contribution < -0.4 is 0 Å². The lowest BCUT2D eigenvalue weighted by molar-refractivity contribution is -0.391. The molecular formula is C10H8ClN3O2. The summed E-state index contributed by atoms with van der Waals surface area (Å²) in [6.45, 7) is 0. The van der Waals surface area contributed by atoms with Crippen molar-refractivity contribution in [3.8, 4) is 11.4 Å². The zero-order chi connectivity index (χ0) is 11.7. The molecule has 1 aromatic carbocycles. The minimum atomic E-state index is -0.466. The van der Waals surface area contributed by atoms with Crippen LogP contribution in [0, 0.1) is 10.1 Å². The first-order valence-corrected chi connectivity index (χ1v) is 4.89. The highest BCUT2D eigenvalue weighted by molar-refractivity contribution is 6.30. The van der Waals surface area contributed by atoms with E-state index in [0.29, 0.717) is 10.8 Å². The molecule has 0 fully saturated rings. The number of rotatable bonds is 2. The average Bonchev–Trinajstić information content (AvgIpc) is 2.61. The van der Waals surface area contributed by atoms with E-state index in [2.05, 4.69) is 4.98 Å². The number of imidazole rings is 1. The molecule has 0 atom stereocenters. The van der Waals surface area contributed by atoms with Crippen LogP contribution in [0.2, 0.25) is 5.02 Å². The van der Waals surface area contributed by atoms with Crippen molar-refractivity contribution in [2.75, 3.05) is 0 Å². The molecule has 0 aliphatic heterocycles. The first-order chi connectivity index (χ1) is 7.59. The van der Waals surface area contributed by atoms with Gasteiger partial charge in [0.15, 0.2) is 0 Å². The quantitative estimate of drug-likeness (QED) is 0.596. The summed E-state index contributed by atoms with van der Waals surface area (Å²) in [7, 11) is 1.61. The molecule has 16 heavy (non-hydrogen) atoms. The van der Waals surface area contributed by atoms with Gasteiger partial charge >= 0.3 is 5.82 Å². The van der Waals surface area contributed by atoms with Crippen LogP contribution >= 0.6 is 11.6 Å². The molecule has 0 spiro atoms. The van der Waals surface area contributed by atoms with Gasteiger partial charge in [-0.25, -0.2) is 9.55 Å². The Morgan fingerprint density at radius 1 is 1.38 bits per heavy atom. The van der Waals surface area contributed by atoms with Crippen molar-refractivity contribution in [1.82, 2.24) is 9.55 Å². The van der Waals surface area contributed by atoms with Crippen LogP contribution in [0.4, 0.5) is 5.82 Å². The molecule has 2 aromatic rings. The van der Waals surface area contributed by atoms with Crippen LogP contribution in [0.15, 0.2) is 30.5 Å². The third-order valence-corrected chi connectivity index (χ3v) is 2.51. The lowest BCUT2D eigenvalue weighted by atomic mass is 10.2. The van der Waals surface area contributed by atoms with Gasteiger partial charge in [0, 0.05) is 10.6 Å². The fourth-order valence-electron chi connectivity index (χ4n) is 1.44. The average molecular weight is 238 g/mol. The highest BCUT2D eigenvalue weighted by Gasteiger charge is 2.17. The van der Waals surface area contributed by atoms with Crippen molar-refractivity contribution in [3.05, 3.63) is 45.6 Å². The van der Waals surface area contributed by atoms with E-state index < -0.39 is 4.92 Å². The highest BCUT2D eigenvalue weighted by atomic mass is 35.5. The van der Waals surface area contributed by atoms with E-state index >= 15 is 0 Å². The molecule has 0 N–H and O–H groups in total. The Morgan fingerprint density at radius 3 is 2.50 bits per heavy atom.